The first kappa shape index (κ1) is 16.9. The van der Waals surface area contributed by atoms with Crippen LogP contribution in [0.5, 0.6) is 0 Å². The van der Waals surface area contributed by atoms with E-state index in [0.717, 1.165) is 32.6 Å². The molecule has 114 valence electrons. The molecule has 1 N–H and O–H groups in total. The van der Waals surface area contributed by atoms with Gasteiger partial charge in [0.25, 0.3) is 0 Å². The van der Waals surface area contributed by atoms with Gasteiger partial charge in [0.05, 0.1) is 5.75 Å². The van der Waals surface area contributed by atoms with E-state index in [2.05, 4.69) is 24.1 Å². The van der Waals surface area contributed by atoms with Gasteiger partial charge in [0, 0.05) is 32.2 Å². The lowest BCUT2D eigenvalue weighted by Gasteiger charge is -2.37. The van der Waals surface area contributed by atoms with Gasteiger partial charge in [0.15, 0.2) is 0 Å². The maximum Gasteiger partial charge on any atom is 0.214 e. The highest BCUT2D eigenvalue weighted by Gasteiger charge is 2.27. The Morgan fingerprint density at radius 1 is 1.16 bits per heavy atom. The molecule has 0 spiro atoms. The summed E-state index contributed by atoms with van der Waals surface area (Å²) in [5.41, 5.74) is 0. The van der Waals surface area contributed by atoms with E-state index >= 15 is 0 Å². The zero-order chi connectivity index (χ0) is 14.3. The number of hydrogen-bond donors (Lipinski definition) is 1. The molecule has 0 aliphatic carbocycles. The maximum absolute atomic E-state index is 12.2. The van der Waals surface area contributed by atoms with E-state index in [1.165, 1.54) is 0 Å². The highest BCUT2D eigenvalue weighted by Crippen LogP contribution is 2.12. The van der Waals surface area contributed by atoms with E-state index in [0.29, 0.717) is 25.6 Å². The topological polar surface area (TPSA) is 52.7 Å². The minimum Gasteiger partial charge on any atom is -0.317 e. The molecule has 1 unspecified atom stereocenters. The van der Waals surface area contributed by atoms with Gasteiger partial charge in [0.2, 0.25) is 10.0 Å². The molecule has 1 aliphatic rings. The zero-order valence-electron chi connectivity index (χ0n) is 12.6. The summed E-state index contributed by atoms with van der Waals surface area (Å²) in [6.45, 7) is 11.1. The number of piperazine rings is 1. The summed E-state index contributed by atoms with van der Waals surface area (Å²) < 4.78 is 26.0. The zero-order valence-corrected chi connectivity index (χ0v) is 13.4. The van der Waals surface area contributed by atoms with Gasteiger partial charge in [-0.1, -0.05) is 13.8 Å². The molecule has 1 heterocycles. The molecule has 1 fully saturated rings. The van der Waals surface area contributed by atoms with Crippen LogP contribution in [-0.2, 0) is 10.0 Å². The lowest BCUT2D eigenvalue weighted by Crippen LogP contribution is -2.51. The normalized spacial score (nSPS) is 20.6. The molecule has 5 nitrogen and oxygen atoms in total. The van der Waals surface area contributed by atoms with Crippen LogP contribution in [0.3, 0.4) is 0 Å². The summed E-state index contributed by atoms with van der Waals surface area (Å²) in [4.78, 5) is 2.38. The van der Waals surface area contributed by atoms with Crippen molar-refractivity contribution < 1.29 is 8.42 Å². The van der Waals surface area contributed by atoms with Crippen LogP contribution in [-0.4, -0.2) is 68.7 Å². The Hall–Kier alpha value is -0.170. The quantitative estimate of drug-likeness (QED) is 0.670. The van der Waals surface area contributed by atoms with Crippen LogP contribution >= 0.6 is 0 Å². The van der Waals surface area contributed by atoms with Crippen LogP contribution in [0, 0.1) is 0 Å². The van der Waals surface area contributed by atoms with Crippen molar-refractivity contribution in [3.63, 3.8) is 0 Å². The van der Waals surface area contributed by atoms with Gasteiger partial charge >= 0.3 is 0 Å². The van der Waals surface area contributed by atoms with Crippen LogP contribution in [0.2, 0.25) is 0 Å². The van der Waals surface area contributed by atoms with Gasteiger partial charge in [-0.25, -0.2) is 8.42 Å². The van der Waals surface area contributed by atoms with Gasteiger partial charge in [-0.15, -0.1) is 0 Å². The van der Waals surface area contributed by atoms with E-state index < -0.39 is 10.0 Å². The lowest BCUT2D eigenvalue weighted by molar-refractivity contribution is 0.142. The van der Waals surface area contributed by atoms with Gasteiger partial charge in [-0.3, -0.25) is 4.90 Å². The Balaban J connectivity index is 2.36. The first-order valence-corrected chi connectivity index (χ1v) is 9.04. The average Bonchev–Trinajstić information content (AvgIpc) is 2.43. The maximum atomic E-state index is 12.2. The number of rotatable bonds is 8. The first-order chi connectivity index (χ1) is 9.01. The first-order valence-electron chi connectivity index (χ1n) is 7.43. The van der Waals surface area contributed by atoms with E-state index in [1.807, 2.05) is 6.92 Å². The Kier molecular flexibility index (Phi) is 7.28. The third-order valence-electron chi connectivity index (χ3n) is 3.89. The van der Waals surface area contributed by atoms with Crippen LogP contribution < -0.4 is 5.32 Å². The molecule has 1 aliphatic heterocycles. The monoisotopic (exact) mass is 291 g/mol. The van der Waals surface area contributed by atoms with Crippen LogP contribution in [0.4, 0.5) is 0 Å². The minimum absolute atomic E-state index is 0.267. The van der Waals surface area contributed by atoms with E-state index in [9.17, 15) is 8.42 Å². The van der Waals surface area contributed by atoms with Crippen molar-refractivity contribution in [3.05, 3.63) is 0 Å². The third-order valence-corrected chi connectivity index (χ3v) is 5.84. The number of nitrogens with zero attached hydrogens (tertiary/aromatic N) is 2. The molecule has 0 aromatic carbocycles. The van der Waals surface area contributed by atoms with Crippen LogP contribution in [0.15, 0.2) is 0 Å². The third kappa shape index (κ3) is 5.38. The van der Waals surface area contributed by atoms with Crippen molar-refractivity contribution in [1.82, 2.24) is 14.5 Å². The van der Waals surface area contributed by atoms with Crippen molar-refractivity contribution in [3.8, 4) is 0 Å². The SMILES string of the molecule is CCNCCCS(=O)(=O)N1CCN(C(C)CC)CC1. The largest absolute Gasteiger partial charge is 0.317 e. The summed E-state index contributed by atoms with van der Waals surface area (Å²) >= 11 is 0. The molecule has 0 saturated carbocycles. The van der Waals surface area contributed by atoms with Crippen molar-refractivity contribution in [2.75, 3.05) is 45.0 Å². The van der Waals surface area contributed by atoms with Crippen molar-refractivity contribution >= 4 is 10.0 Å². The molecule has 0 bridgehead atoms. The molecular weight excluding hydrogens is 262 g/mol. The van der Waals surface area contributed by atoms with E-state index in [-0.39, 0.29) is 5.75 Å². The average molecular weight is 291 g/mol. The number of nitrogens with one attached hydrogen (secondary N) is 1. The summed E-state index contributed by atoms with van der Waals surface area (Å²) in [6, 6.07) is 0.554. The predicted molar refractivity (Wildman–Crippen MR) is 79.8 cm³/mol. The second kappa shape index (κ2) is 8.19. The van der Waals surface area contributed by atoms with Gasteiger partial charge in [0.1, 0.15) is 0 Å². The molecule has 0 radical (unpaired) electrons. The molecular formula is C13H29N3O2S. The summed E-state index contributed by atoms with van der Waals surface area (Å²) in [7, 11) is -3.05. The lowest BCUT2D eigenvalue weighted by atomic mass is 10.2. The molecule has 0 aromatic rings. The predicted octanol–water partition coefficient (Wildman–Crippen LogP) is 0.732. The van der Waals surface area contributed by atoms with Gasteiger partial charge in [-0.05, 0) is 32.9 Å². The van der Waals surface area contributed by atoms with Crippen molar-refractivity contribution in [1.29, 1.82) is 0 Å². The standard InChI is InChI=1S/C13H29N3O2S/c1-4-13(3)15-8-10-16(11-9-15)19(17,18)12-6-7-14-5-2/h13-14H,4-12H2,1-3H3. The second-order valence-corrected chi connectivity index (χ2v) is 7.30. The van der Waals surface area contributed by atoms with Crippen molar-refractivity contribution in [2.45, 2.75) is 39.7 Å². The van der Waals surface area contributed by atoms with E-state index in [4.69, 9.17) is 0 Å². The summed E-state index contributed by atoms with van der Waals surface area (Å²) in [6.07, 6.45) is 1.82. The minimum atomic E-state index is -3.05. The van der Waals surface area contributed by atoms with Crippen molar-refractivity contribution in [2.24, 2.45) is 0 Å². The van der Waals surface area contributed by atoms with Gasteiger partial charge < -0.3 is 5.32 Å². The highest BCUT2D eigenvalue weighted by atomic mass is 32.2. The molecule has 0 aromatic heterocycles. The fourth-order valence-electron chi connectivity index (χ4n) is 2.37. The Morgan fingerprint density at radius 2 is 1.79 bits per heavy atom. The fourth-order valence-corrected chi connectivity index (χ4v) is 3.85. The molecule has 1 saturated heterocycles. The number of sulfonamides is 1. The highest BCUT2D eigenvalue weighted by molar-refractivity contribution is 7.89. The van der Waals surface area contributed by atoms with Crippen LogP contribution in [0.25, 0.3) is 0 Å². The molecule has 6 heteroatoms. The molecule has 1 atom stereocenters. The Bertz CT molecular complexity index is 338. The fraction of sp³-hybridized carbons (Fsp3) is 1.00. The molecule has 1 rings (SSSR count). The summed E-state index contributed by atoms with van der Waals surface area (Å²) in [5, 5.41) is 3.16. The second-order valence-electron chi connectivity index (χ2n) is 5.22. The Labute approximate surface area is 118 Å². The Morgan fingerprint density at radius 3 is 2.32 bits per heavy atom. The van der Waals surface area contributed by atoms with Gasteiger partial charge in [-0.2, -0.15) is 4.31 Å². The smallest absolute Gasteiger partial charge is 0.214 e. The number of hydrogen-bond acceptors (Lipinski definition) is 4. The summed E-state index contributed by atoms with van der Waals surface area (Å²) in [5.74, 6) is 0.267. The molecule has 0 amide bonds. The van der Waals surface area contributed by atoms with Crippen LogP contribution in [0.1, 0.15) is 33.6 Å². The van der Waals surface area contributed by atoms with E-state index in [1.54, 1.807) is 4.31 Å². The molecule has 19 heavy (non-hydrogen) atoms.